The van der Waals surface area contributed by atoms with E-state index < -0.39 is 10.8 Å². The summed E-state index contributed by atoms with van der Waals surface area (Å²) in [5.74, 6) is 0.0866. The Labute approximate surface area is 155 Å². The van der Waals surface area contributed by atoms with Gasteiger partial charge in [-0.2, -0.15) is 0 Å². The first kappa shape index (κ1) is 18.4. The van der Waals surface area contributed by atoms with E-state index in [0.29, 0.717) is 5.75 Å². The van der Waals surface area contributed by atoms with Gasteiger partial charge in [0, 0.05) is 6.04 Å². The van der Waals surface area contributed by atoms with Gasteiger partial charge in [-0.15, -0.1) is 0 Å². The molecule has 1 fully saturated rings. The molecule has 1 aliphatic rings. The van der Waals surface area contributed by atoms with Crippen LogP contribution in [-0.2, 0) is 4.79 Å². The Bertz CT molecular complexity index is 795. The van der Waals surface area contributed by atoms with Crippen LogP contribution in [0.3, 0.4) is 0 Å². The van der Waals surface area contributed by atoms with Gasteiger partial charge in [-0.3, -0.25) is 25.8 Å². The molecule has 1 aromatic heterocycles. The van der Waals surface area contributed by atoms with Gasteiger partial charge in [0.15, 0.2) is 6.61 Å². The molecule has 1 aliphatic carbocycles. The maximum absolute atomic E-state index is 11.9. The van der Waals surface area contributed by atoms with Crippen molar-refractivity contribution in [2.45, 2.75) is 31.7 Å². The fraction of sp³-hybridized carbons (Fsp3) is 0.353. The van der Waals surface area contributed by atoms with Crippen LogP contribution in [-0.4, -0.2) is 33.4 Å². The summed E-state index contributed by atoms with van der Waals surface area (Å²) in [6, 6.07) is 9.00. The second-order valence-electron chi connectivity index (χ2n) is 6.08. The van der Waals surface area contributed by atoms with Crippen molar-refractivity contribution in [2.75, 3.05) is 17.3 Å². The molecule has 2 aromatic rings. The second-order valence-corrected chi connectivity index (χ2v) is 6.08. The second kappa shape index (κ2) is 8.79. The molecular formula is C17H20N6O4. The molecule has 3 rings (SSSR count). The summed E-state index contributed by atoms with van der Waals surface area (Å²) in [4.78, 5) is 30.7. The third-order valence-electron chi connectivity index (χ3n) is 4.13. The van der Waals surface area contributed by atoms with Crippen molar-refractivity contribution in [1.29, 1.82) is 0 Å². The first-order chi connectivity index (χ1) is 13.1. The van der Waals surface area contributed by atoms with Crippen LogP contribution in [0.25, 0.3) is 0 Å². The maximum Gasteiger partial charge on any atom is 0.354 e. The molecule has 0 unspecified atom stereocenters. The number of carbonyl (C=O) groups is 1. The number of amides is 1. The van der Waals surface area contributed by atoms with Gasteiger partial charge in [0.2, 0.25) is 11.6 Å². The van der Waals surface area contributed by atoms with E-state index in [1.54, 1.807) is 24.3 Å². The largest absolute Gasteiger partial charge is 0.484 e. The number of ether oxygens (including phenoxy) is 1. The van der Waals surface area contributed by atoms with Crippen LogP contribution in [0.4, 0.5) is 17.3 Å². The van der Waals surface area contributed by atoms with Gasteiger partial charge in [0.25, 0.3) is 5.91 Å². The summed E-state index contributed by atoms with van der Waals surface area (Å²) in [6.45, 7) is -0.247. The van der Waals surface area contributed by atoms with E-state index in [-0.39, 0.29) is 30.0 Å². The molecule has 10 heteroatoms. The molecule has 0 saturated heterocycles. The quantitative estimate of drug-likeness (QED) is 0.475. The van der Waals surface area contributed by atoms with E-state index in [1.807, 2.05) is 6.07 Å². The highest BCUT2D eigenvalue weighted by Crippen LogP contribution is 2.31. The van der Waals surface area contributed by atoms with Gasteiger partial charge >= 0.3 is 5.69 Å². The summed E-state index contributed by atoms with van der Waals surface area (Å²) in [5.41, 5.74) is 4.52. The lowest BCUT2D eigenvalue weighted by Crippen LogP contribution is -2.34. The zero-order valence-electron chi connectivity index (χ0n) is 14.6. The molecule has 0 spiro atoms. The van der Waals surface area contributed by atoms with Gasteiger partial charge < -0.3 is 10.1 Å². The van der Waals surface area contributed by atoms with Crippen LogP contribution in [0.2, 0.25) is 0 Å². The molecular weight excluding hydrogens is 352 g/mol. The molecule has 0 aliphatic heterocycles. The van der Waals surface area contributed by atoms with Gasteiger partial charge in [0.05, 0.1) is 4.92 Å². The number of nitro groups is 1. The van der Waals surface area contributed by atoms with Crippen LogP contribution >= 0.6 is 0 Å². The predicted octanol–water partition coefficient (Wildman–Crippen LogP) is 2.26. The van der Waals surface area contributed by atoms with E-state index >= 15 is 0 Å². The summed E-state index contributed by atoms with van der Waals surface area (Å²) in [6.07, 6.45) is 5.26. The van der Waals surface area contributed by atoms with Crippen molar-refractivity contribution in [3.8, 4) is 5.75 Å². The van der Waals surface area contributed by atoms with Crippen molar-refractivity contribution in [1.82, 2.24) is 15.4 Å². The highest BCUT2D eigenvalue weighted by atomic mass is 16.6. The molecule has 1 saturated carbocycles. The molecule has 3 N–H and O–H groups in total. The third kappa shape index (κ3) is 5.03. The van der Waals surface area contributed by atoms with Crippen molar-refractivity contribution in [3.05, 3.63) is 46.8 Å². The molecule has 10 nitrogen and oxygen atoms in total. The van der Waals surface area contributed by atoms with Crippen molar-refractivity contribution < 1.29 is 14.5 Å². The fourth-order valence-corrected chi connectivity index (χ4v) is 2.84. The van der Waals surface area contributed by atoms with Crippen molar-refractivity contribution in [3.63, 3.8) is 0 Å². The summed E-state index contributed by atoms with van der Waals surface area (Å²) in [7, 11) is 0. The number of carbonyl (C=O) groups excluding carboxylic acids is 1. The summed E-state index contributed by atoms with van der Waals surface area (Å²) in [5, 5.41) is 14.6. The first-order valence-electron chi connectivity index (χ1n) is 8.62. The average Bonchev–Trinajstić information content (AvgIpc) is 3.18. The lowest BCUT2D eigenvalue weighted by Gasteiger charge is -2.14. The monoisotopic (exact) mass is 372 g/mol. The minimum Gasteiger partial charge on any atom is -0.484 e. The van der Waals surface area contributed by atoms with Gasteiger partial charge in [-0.05, 0) is 25.0 Å². The lowest BCUT2D eigenvalue weighted by atomic mass is 10.2. The van der Waals surface area contributed by atoms with Crippen molar-refractivity contribution in [2.24, 2.45) is 0 Å². The van der Waals surface area contributed by atoms with E-state index in [4.69, 9.17) is 4.74 Å². The molecule has 142 valence electrons. The molecule has 0 bridgehead atoms. The number of hydrogen-bond acceptors (Lipinski definition) is 8. The minimum atomic E-state index is -0.577. The van der Waals surface area contributed by atoms with Crippen LogP contribution in [0.1, 0.15) is 25.7 Å². The van der Waals surface area contributed by atoms with E-state index in [0.717, 1.165) is 25.7 Å². The lowest BCUT2D eigenvalue weighted by molar-refractivity contribution is -0.383. The van der Waals surface area contributed by atoms with Gasteiger partial charge in [0.1, 0.15) is 12.1 Å². The number of nitrogens with zero attached hydrogens (tertiary/aromatic N) is 3. The number of aromatic nitrogens is 2. The Hall–Kier alpha value is -3.43. The van der Waals surface area contributed by atoms with Crippen LogP contribution in [0.15, 0.2) is 36.7 Å². The Balaban J connectivity index is 1.61. The summed E-state index contributed by atoms with van der Waals surface area (Å²) >= 11 is 0. The summed E-state index contributed by atoms with van der Waals surface area (Å²) < 4.78 is 5.32. The van der Waals surface area contributed by atoms with Gasteiger partial charge in [-0.25, -0.2) is 9.97 Å². The fourth-order valence-electron chi connectivity index (χ4n) is 2.84. The Morgan fingerprint density at radius 2 is 1.89 bits per heavy atom. The zero-order chi connectivity index (χ0) is 19.1. The number of benzene rings is 1. The van der Waals surface area contributed by atoms with Crippen LogP contribution < -0.4 is 20.9 Å². The molecule has 1 aromatic carbocycles. The Morgan fingerprint density at radius 1 is 1.19 bits per heavy atom. The number of rotatable bonds is 8. The first-order valence-corrected chi connectivity index (χ1v) is 8.62. The third-order valence-corrected chi connectivity index (χ3v) is 4.13. The Morgan fingerprint density at radius 3 is 2.59 bits per heavy atom. The normalized spacial score (nSPS) is 13.8. The maximum atomic E-state index is 11.9. The highest BCUT2D eigenvalue weighted by Gasteiger charge is 2.26. The number of anilines is 2. The highest BCUT2D eigenvalue weighted by molar-refractivity contribution is 5.80. The van der Waals surface area contributed by atoms with E-state index in [2.05, 4.69) is 26.1 Å². The molecule has 0 radical (unpaired) electrons. The topological polar surface area (TPSA) is 131 Å². The number of para-hydroxylation sites is 1. The van der Waals surface area contributed by atoms with E-state index in [9.17, 15) is 14.9 Å². The molecule has 27 heavy (non-hydrogen) atoms. The van der Waals surface area contributed by atoms with Crippen LogP contribution in [0.5, 0.6) is 5.75 Å². The zero-order valence-corrected chi connectivity index (χ0v) is 14.6. The standard InChI is InChI=1S/C17H20N6O4/c24-14(10-27-13-8-2-1-3-9-13)21-22-17-15(23(25)26)16(18-11-19-17)20-12-6-4-5-7-12/h1-3,8-9,11-12H,4-7,10H2,(H,21,24)(H2,18,19,20,22). The average molecular weight is 372 g/mol. The Kier molecular flexibility index (Phi) is 5.98. The molecule has 1 amide bonds. The van der Waals surface area contributed by atoms with Crippen LogP contribution in [0, 0.1) is 10.1 Å². The number of hydrogen-bond donors (Lipinski definition) is 3. The smallest absolute Gasteiger partial charge is 0.354 e. The molecule has 0 atom stereocenters. The van der Waals surface area contributed by atoms with Gasteiger partial charge in [-0.1, -0.05) is 31.0 Å². The number of nitrogens with one attached hydrogen (secondary N) is 3. The minimum absolute atomic E-state index is 0.0939. The number of hydrazine groups is 1. The SMILES string of the molecule is O=C(COc1ccccc1)NNc1ncnc(NC2CCCC2)c1[N+](=O)[O-]. The van der Waals surface area contributed by atoms with E-state index in [1.165, 1.54) is 6.33 Å². The predicted molar refractivity (Wildman–Crippen MR) is 98.3 cm³/mol. The van der Waals surface area contributed by atoms with Crippen molar-refractivity contribution >= 4 is 23.2 Å². The molecule has 1 heterocycles.